The Hall–Kier alpha value is -0.520. The van der Waals surface area contributed by atoms with Crippen molar-refractivity contribution in [3.05, 3.63) is 24.8 Å². The molecule has 0 radical (unpaired) electrons. The van der Waals surface area contributed by atoms with Crippen LogP contribution >= 0.6 is 0 Å². The van der Waals surface area contributed by atoms with E-state index in [1.807, 2.05) is 0 Å². The zero-order valence-corrected chi connectivity index (χ0v) is 7.22. The van der Waals surface area contributed by atoms with Crippen LogP contribution in [0.25, 0.3) is 0 Å². The summed E-state index contributed by atoms with van der Waals surface area (Å²) >= 11 is 0. The molecule has 0 nitrogen and oxygen atoms in total. The summed E-state index contributed by atoms with van der Waals surface area (Å²) in [4.78, 5) is 0. The van der Waals surface area contributed by atoms with E-state index in [-0.39, 0.29) is 0 Å². The van der Waals surface area contributed by atoms with Crippen LogP contribution in [-0.4, -0.2) is 0 Å². The molecule has 2 rings (SSSR count). The Labute approximate surface area is 69.0 Å². The summed E-state index contributed by atoms with van der Waals surface area (Å²) in [7, 11) is 0. The van der Waals surface area contributed by atoms with Gasteiger partial charge in [0.15, 0.2) is 0 Å². The molecular weight excluding hydrogens is 132 g/mol. The molecule has 60 valence electrons. The Morgan fingerprint density at radius 2 is 2.55 bits per heavy atom. The third-order valence-electron chi connectivity index (χ3n) is 3.58. The highest BCUT2D eigenvalue weighted by Gasteiger charge is 2.43. The van der Waals surface area contributed by atoms with Gasteiger partial charge in [-0.2, -0.15) is 0 Å². The lowest BCUT2D eigenvalue weighted by molar-refractivity contribution is 0.310. The molecule has 0 heterocycles. The Balaban J connectivity index is 2.23. The standard InChI is InChI=1S/C11H16/c1-3-9(2)11-6-4-10(8-11)5-7-11/h3-4,6,9-10H,1,5,7-8H2,2H3. The molecule has 0 aromatic heterocycles. The average molecular weight is 148 g/mol. The molecule has 0 aromatic rings. The quantitative estimate of drug-likeness (QED) is 0.528. The van der Waals surface area contributed by atoms with Gasteiger partial charge in [0.05, 0.1) is 0 Å². The number of rotatable bonds is 2. The van der Waals surface area contributed by atoms with Crippen molar-refractivity contribution in [1.82, 2.24) is 0 Å². The summed E-state index contributed by atoms with van der Waals surface area (Å²) < 4.78 is 0. The first-order chi connectivity index (χ1) is 5.27. The van der Waals surface area contributed by atoms with E-state index in [4.69, 9.17) is 0 Å². The van der Waals surface area contributed by atoms with Crippen LogP contribution in [0.15, 0.2) is 24.8 Å². The Morgan fingerprint density at radius 3 is 2.91 bits per heavy atom. The second kappa shape index (κ2) is 2.23. The van der Waals surface area contributed by atoms with E-state index in [9.17, 15) is 0 Å². The van der Waals surface area contributed by atoms with Crippen LogP contribution < -0.4 is 0 Å². The van der Waals surface area contributed by atoms with Gasteiger partial charge in [0.25, 0.3) is 0 Å². The van der Waals surface area contributed by atoms with Crippen molar-refractivity contribution in [2.45, 2.75) is 26.2 Å². The normalized spacial score (nSPS) is 42.8. The minimum absolute atomic E-state index is 0.520. The second-order valence-corrected chi connectivity index (χ2v) is 4.12. The minimum Gasteiger partial charge on any atom is -0.103 e. The van der Waals surface area contributed by atoms with Gasteiger partial charge in [-0.25, -0.2) is 0 Å². The monoisotopic (exact) mass is 148 g/mol. The zero-order valence-electron chi connectivity index (χ0n) is 7.22. The maximum Gasteiger partial charge on any atom is -0.00524 e. The maximum atomic E-state index is 3.88. The van der Waals surface area contributed by atoms with E-state index in [1.54, 1.807) is 0 Å². The Bertz CT molecular complexity index is 202. The number of allylic oxidation sites excluding steroid dienone is 3. The Morgan fingerprint density at radius 1 is 1.73 bits per heavy atom. The molecule has 0 aliphatic heterocycles. The van der Waals surface area contributed by atoms with E-state index in [0.29, 0.717) is 11.3 Å². The largest absolute Gasteiger partial charge is 0.103 e. The molecule has 1 saturated carbocycles. The van der Waals surface area contributed by atoms with E-state index in [2.05, 4.69) is 31.7 Å². The van der Waals surface area contributed by atoms with Crippen molar-refractivity contribution in [2.24, 2.45) is 17.3 Å². The van der Waals surface area contributed by atoms with Crippen molar-refractivity contribution in [1.29, 1.82) is 0 Å². The number of hydrogen-bond donors (Lipinski definition) is 0. The van der Waals surface area contributed by atoms with Crippen LogP contribution in [0.4, 0.5) is 0 Å². The zero-order chi connectivity index (χ0) is 7.90. The smallest absolute Gasteiger partial charge is 0.00524 e. The molecule has 3 unspecified atom stereocenters. The van der Waals surface area contributed by atoms with Crippen LogP contribution in [0.2, 0.25) is 0 Å². The van der Waals surface area contributed by atoms with Crippen molar-refractivity contribution < 1.29 is 0 Å². The topological polar surface area (TPSA) is 0 Å². The molecule has 0 amide bonds. The maximum absolute atomic E-state index is 3.88. The minimum atomic E-state index is 0.520. The molecule has 3 atom stereocenters. The van der Waals surface area contributed by atoms with Gasteiger partial charge in [-0.3, -0.25) is 0 Å². The fraction of sp³-hybridized carbons (Fsp3) is 0.636. The van der Waals surface area contributed by atoms with Crippen molar-refractivity contribution >= 4 is 0 Å². The first-order valence-corrected chi connectivity index (χ1v) is 4.59. The lowest BCUT2D eigenvalue weighted by Crippen LogP contribution is -2.19. The van der Waals surface area contributed by atoms with Crippen LogP contribution in [0.1, 0.15) is 26.2 Å². The highest BCUT2D eigenvalue weighted by Crippen LogP contribution is 2.53. The van der Waals surface area contributed by atoms with E-state index >= 15 is 0 Å². The summed E-state index contributed by atoms with van der Waals surface area (Å²) in [5, 5.41) is 0. The average Bonchev–Trinajstić information content (AvgIpc) is 2.62. The number of hydrogen-bond acceptors (Lipinski definition) is 0. The van der Waals surface area contributed by atoms with Gasteiger partial charge in [-0.05, 0) is 36.5 Å². The summed E-state index contributed by atoms with van der Waals surface area (Å²) in [6.45, 7) is 6.18. The molecule has 2 aliphatic rings. The van der Waals surface area contributed by atoms with Gasteiger partial charge >= 0.3 is 0 Å². The highest BCUT2D eigenvalue weighted by molar-refractivity contribution is 5.18. The van der Waals surface area contributed by atoms with Crippen LogP contribution in [0, 0.1) is 17.3 Å². The first-order valence-electron chi connectivity index (χ1n) is 4.59. The molecule has 0 saturated heterocycles. The van der Waals surface area contributed by atoms with Gasteiger partial charge < -0.3 is 0 Å². The third-order valence-corrected chi connectivity index (χ3v) is 3.58. The molecule has 0 N–H and O–H groups in total. The Kier molecular flexibility index (Phi) is 1.45. The molecule has 11 heavy (non-hydrogen) atoms. The molecule has 0 aromatic carbocycles. The highest BCUT2D eigenvalue weighted by atomic mass is 14.5. The SMILES string of the molecule is C=CC(C)C12C=CC(CC1)C2. The molecule has 2 bridgehead atoms. The predicted octanol–water partition coefficient (Wildman–Crippen LogP) is 3.16. The van der Waals surface area contributed by atoms with Gasteiger partial charge in [0.2, 0.25) is 0 Å². The van der Waals surface area contributed by atoms with Crippen molar-refractivity contribution in [2.75, 3.05) is 0 Å². The molecular formula is C11H16. The van der Waals surface area contributed by atoms with Crippen LogP contribution in [0.5, 0.6) is 0 Å². The van der Waals surface area contributed by atoms with Gasteiger partial charge in [0, 0.05) is 0 Å². The van der Waals surface area contributed by atoms with Crippen molar-refractivity contribution in [3.63, 3.8) is 0 Å². The first kappa shape index (κ1) is 7.15. The lowest BCUT2D eigenvalue weighted by atomic mass is 9.76. The molecule has 2 aliphatic carbocycles. The molecule has 0 heteroatoms. The van der Waals surface area contributed by atoms with Gasteiger partial charge in [-0.1, -0.05) is 25.2 Å². The lowest BCUT2D eigenvalue weighted by Gasteiger charge is -2.28. The van der Waals surface area contributed by atoms with E-state index in [1.165, 1.54) is 19.3 Å². The molecule has 0 spiro atoms. The van der Waals surface area contributed by atoms with Gasteiger partial charge in [-0.15, -0.1) is 6.58 Å². The van der Waals surface area contributed by atoms with E-state index < -0.39 is 0 Å². The predicted molar refractivity (Wildman–Crippen MR) is 48.3 cm³/mol. The summed E-state index contributed by atoms with van der Waals surface area (Å²) in [6, 6.07) is 0. The van der Waals surface area contributed by atoms with Crippen molar-refractivity contribution in [3.8, 4) is 0 Å². The van der Waals surface area contributed by atoms with E-state index in [0.717, 1.165) is 5.92 Å². The van der Waals surface area contributed by atoms with Crippen LogP contribution in [0.3, 0.4) is 0 Å². The fourth-order valence-electron chi connectivity index (χ4n) is 2.59. The van der Waals surface area contributed by atoms with Crippen LogP contribution in [-0.2, 0) is 0 Å². The number of fused-ring (bicyclic) bond motifs is 2. The fourth-order valence-corrected chi connectivity index (χ4v) is 2.59. The third kappa shape index (κ3) is 0.885. The summed E-state index contributed by atoms with van der Waals surface area (Å²) in [5.41, 5.74) is 0.520. The molecule has 1 fully saturated rings. The van der Waals surface area contributed by atoms with Gasteiger partial charge in [0.1, 0.15) is 0 Å². The summed E-state index contributed by atoms with van der Waals surface area (Å²) in [5.74, 6) is 1.57. The summed E-state index contributed by atoms with van der Waals surface area (Å²) in [6.07, 6.45) is 11.1. The second-order valence-electron chi connectivity index (χ2n) is 4.12.